The average Bonchev–Trinajstić information content (AvgIpc) is 3.39. The van der Waals surface area contributed by atoms with Gasteiger partial charge in [-0.05, 0) is 61.3 Å². The van der Waals surface area contributed by atoms with Gasteiger partial charge in [-0.2, -0.15) is 0 Å². The van der Waals surface area contributed by atoms with Gasteiger partial charge >= 0.3 is 0 Å². The molecule has 2 aliphatic rings. The first-order valence-electron chi connectivity index (χ1n) is 9.43. The standard InChI is InChI=1S/C21H25N3O2/c25-20-12-15(13-24-10-9-22-14-24)11-19(20)23-21(26)18-7-5-17(6-8-18)16-3-1-2-4-16/h3,5-10,14-15,19-20,25H,1-2,4,11-13H2,(H,23,26)/t15?,19-,20-/m1/s1. The molecule has 1 aromatic carbocycles. The number of nitrogens with zero attached hydrogens (tertiary/aromatic N) is 2. The molecule has 5 heteroatoms. The van der Waals surface area contributed by atoms with Crippen molar-refractivity contribution < 1.29 is 9.90 Å². The van der Waals surface area contributed by atoms with Crippen LogP contribution in [0.5, 0.6) is 0 Å². The lowest BCUT2D eigenvalue weighted by atomic mass is 10.0. The van der Waals surface area contributed by atoms with Crippen LogP contribution in [0.4, 0.5) is 0 Å². The molecular formula is C21H25N3O2. The highest BCUT2D eigenvalue weighted by Crippen LogP contribution is 2.29. The van der Waals surface area contributed by atoms with Crippen LogP contribution in [0.2, 0.25) is 0 Å². The quantitative estimate of drug-likeness (QED) is 0.870. The Balaban J connectivity index is 1.35. The van der Waals surface area contributed by atoms with Gasteiger partial charge in [-0.3, -0.25) is 4.79 Å². The molecule has 2 aromatic rings. The van der Waals surface area contributed by atoms with Crippen LogP contribution in [0.1, 0.15) is 48.0 Å². The smallest absolute Gasteiger partial charge is 0.251 e. The van der Waals surface area contributed by atoms with Gasteiger partial charge in [-0.25, -0.2) is 4.98 Å². The zero-order chi connectivity index (χ0) is 17.9. The second-order valence-electron chi connectivity index (χ2n) is 7.44. The lowest BCUT2D eigenvalue weighted by Crippen LogP contribution is -2.39. The van der Waals surface area contributed by atoms with Crippen LogP contribution in [0.15, 0.2) is 49.1 Å². The molecule has 1 amide bonds. The number of aliphatic hydroxyl groups excluding tert-OH is 1. The summed E-state index contributed by atoms with van der Waals surface area (Å²) in [6.45, 7) is 0.827. The molecule has 4 rings (SSSR count). The highest BCUT2D eigenvalue weighted by atomic mass is 16.3. The lowest BCUT2D eigenvalue weighted by molar-refractivity contribution is 0.0873. The topological polar surface area (TPSA) is 67.2 Å². The minimum absolute atomic E-state index is 0.107. The number of benzene rings is 1. The molecule has 1 unspecified atom stereocenters. The zero-order valence-electron chi connectivity index (χ0n) is 14.8. The van der Waals surface area contributed by atoms with Crippen LogP contribution in [-0.2, 0) is 6.54 Å². The molecule has 0 aliphatic heterocycles. The van der Waals surface area contributed by atoms with Gasteiger partial charge in [-0.1, -0.05) is 18.2 Å². The number of imidazole rings is 1. The molecule has 1 fully saturated rings. The van der Waals surface area contributed by atoms with Crippen LogP contribution in [0.25, 0.3) is 5.57 Å². The lowest BCUT2D eigenvalue weighted by Gasteiger charge is -2.16. The van der Waals surface area contributed by atoms with Crippen LogP contribution < -0.4 is 5.32 Å². The number of amides is 1. The van der Waals surface area contributed by atoms with Gasteiger partial charge in [0, 0.05) is 24.5 Å². The highest BCUT2D eigenvalue weighted by molar-refractivity contribution is 5.94. The van der Waals surface area contributed by atoms with E-state index in [0.717, 1.165) is 25.8 Å². The Morgan fingerprint density at radius 2 is 2.12 bits per heavy atom. The fourth-order valence-electron chi connectivity index (χ4n) is 4.14. The number of rotatable bonds is 5. The molecule has 1 heterocycles. The molecule has 2 aliphatic carbocycles. The Bertz CT molecular complexity index is 780. The molecule has 0 saturated heterocycles. The number of carbonyl (C=O) groups is 1. The maximum Gasteiger partial charge on any atom is 0.251 e. The van der Waals surface area contributed by atoms with Crippen LogP contribution in [0, 0.1) is 5.92 Å². The van der Waals surface area contributed by atoms with Gasteiger partial charge in [-0.15, -0.1) is 0 Å². The molecular weight excluding hydrogens is 326 g/mol. The Hall–Kier alpha value is -2.40. The number of hydrogen-bond donors (Lipinski definition) is 2. The summed E-state index contributed by atoms with van der Waals surface area (Å²) in [5.41, 5.74) is 3.24. The summed E-state index contributed by atoms with van der Waals surface area (Å²) < 4.78 is 2.03. The molecule has 0 bridgehead atoms. The molecule has 136 valence electrons. The molecule has 2 N–H and O–H groups in total. The van der Waals surface area contributed by atoms with Crippen molar-refractivity contribution in [3.63, 3.8) is 0 Å². The Labute approximate surface area is 153 Å². The van der Waals surface area contributed by atoms with Gasteiger partial charge in [0.2, 0.25) is 0 Å². The Kier molecular flexibility index (Phi) is 4.89. The van der Waals surface area contributed by atoms with E-state index in [0.29, 0.717) is 17.9 Å². The molecule has 5 nitrogen and oxygen atoms in total. The number of hydrogen-bond acceptors (Lipinski definition) is 3. The first-order chi connectivity index (χ1) is 12.7. The van der Waals surface area contributed by atoms with Gasteiger partial charge < -0.3 is 15.0 Å². The second-order valence-corrected chi connectivity index (χ2v) is 7.44. The van der Waals surface area contributed by atoms with Crippen molar-refractivity contribution in [2.75, 3.05) is 0 Å². The van der Waals surface area contributed by atoms with Crippen molar-refractivity contribution >= 4 is 11.5 Å². The molecule has 3 atom stereocenters. The minimum Gasteiger partial charge on any atom is -0.391 e. The van der Waals surface area contributed by atoms with Gasteiger partial charge in [0.1, 0.15) is 0 Å². The summed E-state index contributed by atoms with van der Waals surface area (Å²) >= 11 is 0. The zero-order valence-corrected chi connectivity index (χ0v) is 14.8. The number of carbonyl (C=O) groups excluding carboxylic acids is 1. The van der Waals surface area contributed by atoms with E-state index in [-0.39, 0.29) is 11.9 Å². The second kappa shape index (κ2) is 7.46. The van der Waals surface area contributed by atoms with E-state index in [2.05, 4.69) is 16.4 Å². The third-order valence-corrected chi connectivity index (χ3v) is 5.53. The van der Waals surface area contributed by atoms with Crippen molar-refractivity contribution in [1.29, 1.82) is 0 Å². The SMILES string of the molecule is O=C(N[C@@H]1CC(Cn2ccnc2)C[C@H]1O)c1ccc(C2=CCCC2)cc1. The predicted molar refractivity (Wildman–Crippen MR) is 100 cm³/mol. The van der Waals surface area contributed by atoms with E-state index >= 15 is 0 Å². The largest absolute Gasteiger partial charge is 0.391 e. The van der Waals surface area contributed by atoms with Gasteiger partial charge in [0.15, 0.2) is 0 Å². The highest BCUT2D eigenvalue weighted by Gasteiger charge is 2.34. The molecule has 1 saturated carbocycles. The van der Waals surface area contributed by atoms with Crippen LogP contribution in [0.3, 0.4) is 0 Å². The number of aromatic nitrogens is 2. The fraction of sp³-hybridized carbons (Fsp3) is 0.429. The third kappa shape index (κ3) is 3.73. The molecule has 0 radical (unpaired) electrons. The van der Waals surface area contributed by atoms with Gasteiger partial charge in [0.25, 0.3) is 5.91 Å². The van der Waals surface area contributed by atoms with Gasteiger partial charge in [0.05, 0.1) is 18.5 Å². The summed E-state index contributed by atoms with van der Waals surface area (Å²) in [5.74, 6) is 0.241. The van der Waals surface area contributed by atoms with Crippen molar-refractivity contribution in [2.45, 2.75) is 50.8 Å². The minimum atomic E-state index is -0.490. The third-order valence-electron chi connectivity index (χ3n) is 5.53. The Morgan fingerprint density at radius 3 is 2.81 bits per heavy atom. The maximum absolute atomic E-state index is 12.6. The van der Waals surface area contributed by atoms with E-state index in [1.807, 2.05) is 35.0 Å². The van der Waals surface area contributed by atoms with Crippen LogP contribution >= 0.6 is 0 Å². The summed E-state index contributed by atoms with van der Waals surface area (Å²) in [5, 5.41) is 13.3. The van der Waals surface area contributed by atoms with E-state index in [1.165, 1.54) is 17.6 Å². The predicted octanol–water partition coefficient (Wildman–Crippen LogP) is 3.02. The molecule has 1 aromatic heterocycles. The number of nitrogens with one attached hydrogen (secondary N) is 1. The maximum atomic E-state index is 12.6. The molecule has 26 heavy (non-hydrogen) atoms. The van der Waals surface area contributed by atoms with Crippen molar-refractivity contribution in [1.82, 2.24) is 14.9 Å². The summed E-state index contributed by atoms with van der Waals surface area (Å²) in [4.78, 5) is 16.6. The van der Waals surface area contributed by atoms with Crippen molar-refractivity contribution in [2.24, 2.45) is 5.92 Å². The van der Waals surface area contributed by atoms with Crippen molar-refractivity contribution in [3.8, 4) is 0 Å². The first kappa shape index (κ1) is 17.0. The van der Waals surface area contributed by atoms with E-state index < -0.39 is 6.10 Å². The average molecular weight is 351 g/mol. The molecule has 0 spiro atoms. The Morgan fingerprint density at radius 1 is 1.27 bits per heavy atom. The monoisotopic (exact) mass is 351 g/mol. The van der Waals surface area contributed by atoms with E-state index in [9.17, 15) is 9.90 Å². The number of allylic oxidation sites excluding steroid dienone is 2. The normalized spacial score (nSPS) is 25.3. The van der Waals surface area contributed by atoms with E-state index in [4.69, 9.17) is 0 Å². The fourth-order valence-corrected chi connectivity index (χ4v) is 4.14. The summed E-state index contributed by atoms with van der Waals surface area (Å²) in [6.07, 6.45) is 12.3. The van der Waals surface area contributed by atoms with Crippen LogP contribution in [-0.4, -0.2) is 32.7 Å². The summed E-state index contributed by atoms with van der Waals surface area (Å²) in [7, 11) is 0. The first-order valence-corrected chi connectivity index (χ1v) is 9.43. The summed E-state index contributed by atoms with van der Waals surface area (Å²) in [6, 6.07) is 7.63. The van der Waals surface area contributed by atoms with E-state index in [1.54, 1.807) is 12.5 Å². The van der Waals surface area contributed by atoms with Crippen molar-refractivity contribution in [3.05, 3.63) is 60.2 Å². The number of aliphatic hydroxyl groups is 1.